The average Bonchev–Trinajstić information content (AvgIpc) is 2.69. The lowest BCUT2D eigenvalue weighted by Gasteiger charge is -2.30. The van der Waals surface area contributed by atoms with Crippen LogP contribution in [0.3, 0.4) is 0 Å². The highest BCUT2D eigenvalue weighted by Crippen LogP contribution is 2.10. The lowest BCUT2D eigenvalue weighted by atomic mass is 10.1. The maximum absolute atomic E-state index is 12.9. The van der Waals surface area contributed by atoms with Crippen molar-refractivity contribution >= 4 is 11.8 Å². The van der Waals surface area contributed by atoms with Crippen molar-refractivity contribution in [2.24, 2.45) is 0 Å². The van der Waals surface area contributed by atoms with Crippen molar-refractivity contribution in [2.75, 3.05) is 32.7 Å². The van der Waals surface area contributed by atoms with Crippen LogP contribution in [0.1, 0.15) is 15.9 Å². The van der Waals surface area contributed by atoms with E-state index in [-0.39, 0.29) is 18.4 Å². The summed E-state index contributed by atoms with van der Waals surface area (Å²) in [6, 6.07) is 13.1. The third-order valence-electron chi connectivity index (χ3n) is 4.23. The van der Waals surface area contributed by atoms with Crippen molar-refractivity contribution in [3.05, 3.63) is 66.0 Å². The molecule has 0 spiro atoms. The molecular weight excluding hydrogens is 316 g/mol. The minimum absolute atomic E-state index is 0.0140. The predicted molar refractivity (Wildman–Crippen MR) is 94.9 cm³/mol. The monoisotopic (exact) mass is 338 g/mol. The number of hydrogen-bond donors (Lipinski definition) is 1. The van der Waals surface area contributed by atoms with E-state index in [1.807, 2.05) is 35.2 Å². The summed E-state index contributed by atoms with van der Waals surface area (Å²) in [4.78, 5) is 32.9. The molecule has 6 heteroatoms. The fourth-order valence-corrected chi connectivity index (χ4v) is 2.86. The number of carbonyl (C=O) groups excluding carboxylic acids is 2. The van der Waals surface area contributed by atoms with Crippen molar-refractivity contribution in [3.8, 4) is 0 Å². The van der Waals surface area contributed by atoms with E-state index in [1.165, 1.54) is 0 Å². The lowest BCUT2D eigenvalue weighted by molar-refractivity contribution is -0.132. The highest BCUT2D eigenvalue weighted by Gasteiger charge is 2.23. The number of nitrogens with one attached hydrogen (secondary N) is 1. The van der Waals surface area contributed by atoms with Crippen molar-refractivity contribution < 1.29 is 9.59 Å². The Bertz CT molecular complexity index is 700. The second-order valence-electron chi connectivity index (χ2n) is 6.01. The summed E-state index contributed by atoms with van der Waals surface area (Å²) >= 11 is 0. The number of nitrogens with zero attached hydrogens (tertiary/aromatic N) is 3. The van der Waals surface area contributed by atoms with Crippen LogP contribution >= 0.6 is 0 Å². The van der Waals surface area contributed by atoms with Gasteiger partial charge in [0.1, 0.15) is 6.54 Å². The molecular formula is C19H22N4O2. The Morgan fingerprint density at radius 1 is 1.04 bits per heavy atom. The summed E-state index contributed by atoms with van der Waals surface area (Å²) in [5.74, 6) is -0.172. The Balaban J connectivity index is 1.76. The van der Waals surface area contributed by atoms with Crippen molar-refractivity contribution in [1.82, 2.24) is 20.1 Å². The molecule has 130 valence electrons. The van der Waals surface area contributed by atoms with E-state index in [0.29, 0.717) is 25.2 Å². The lowest BCUT2D eigenvalue weighted by Crippen LogP contribution is -2.50. The van der Waals surface area contributed by atoms with E-state index in [1.54, 1.807) is 29.4 Å². The van der Waals surface area contributed by atoms with Gasteiger partial charge >= 0.3 is 0 Å². The number of rotatable bonds is 5. The van der Waals surface area contributed by atoms with Gasteiger partial charge < -0.3 is 15.1 Å². The van der Waals surface area contributed by atoms with Crippen molar-refractivity contribution in [2.45, 2.75) is 6.54 Å². The fraction of sp³-hybridized carbons (Fsp3) is 0.316. The van der Waals surface area contributed by atoms with E-state index in [0.717, 1.165) is 18.7 Å². The van der Waals surface area contributed by atoms with Crippen LogP contribution in [0, 0.1) is 0 Å². The molecule has 1 aliphatic heterocycles. The van der Waals surface area contributed by atoms with Crippen LogP contribution in [-0.4, -0.2) is 59.3 Å². The number of piperazine rings is 1. The molecule has 2 amide bonds. The van der Waals surface area contributed by atoms with E-state index in [9.17, 15) is 9.59 Å². The SMILES string of the molecule is O=C(CN(Cc1ccccc1)C(=O)c1ccncc1)N1CCNCC1. The topological polar surface area (TPSA) is 65.5 Å². The van der Waals surface area contributed by atoms with Gasteiger partial charge in [-0.15, -0.1) is 0 Å². The van der Waals surface area contributed by atoms with E-state index < -0.39 is 0 Å². The molecule has 1 aliphatic rings. The summed E-state index contributed by atoms with van der Waals surface area (Å²) in [6.07, 6.45) is 3.18. The number of carbonyl (C=O) groups is 2. The molecule has 2 aromatic rings. The molecule has 1 aromatic carbocycles. The summed E-state index contributed by atoms with van der Waals surface area (Å²) in [7, 11) is 0. The molecule has 0 atom stereocenters. The number of benzene rings is 1. The molecule has 1 saturated heterocycles. The van der Waals surface area contributed by atoms with Gasteiger partial charge in [-0.1, -0.05) is 30.3 Å². The Labute approximate surface area is 147 Å². The average molecular weight is 338 g/mol. The first-order valence-electron chi connectivity index (χ1n) is 8.46. The van der Waals surface area contributed by atoms with Gasteiger partial charge in [0, 0.05) is 50.7 Å². The molecule has 0 aliphatic carbocycles. The van der Waals surface area contributed by atoms with Gasteiger partial charge in [0.05, 0.1) is 0 Å². The zero-order chi connectivity index (χ0) is 17.5. The summed E-state index contributed by atoms with van der Waals surface area (Å²) < 4.78 is 0. The maximum atomic E-state index is 12.9. The normalized spacial score (nSPS) is 14.2. The Morgan fingerprint density at radius 2 is 1.72 bits per heavy atom. The highest BCUT2D eigenvalue weighted by atomic mass is 16.2. The molecule has 25 heavy (non-hydrogen) atoms. The Morgan fingerprint density at radius 3 is 2.40 bits per heavy atom. The zero-order valence-corrected chi connectivity index (χ0v) is 14.1. The first-order chi connectivity index (χ1) is 12.2. The quantitative estimate of drug-likeness (QED) is 0.888. The van der Waals surface area contributed by atoms with E-state index in [4.69, 9.17) is 0 Å². The Kier molecular flexibility index (Phi) is 5.74. The predicted octanol–water partition coefficient (Wildman–Crippen LogP) is 1.16. The van der Waals surface area contributed by atoms with Gasteiger partial charge in [0.2, 0.25) is 5.91 Å². The summed E-state index contributed by atoms with van der Waals surface area (Å²) in [5, 5.41) is 3.23. The van der Waals surface area contributed by atoms with Crippen LogP contribution in [0.5, 0.6) is 0 Å². The number of amides is 2. The fourth-order valence-electron chi connectivity index (χ4n) is 2.86. The van der Waals surface area contributed by atoms with Crippen LogP contribution in [0.15, 0.2) is 54.9 Å². The second-order valence-corrected chi connectivity index (χ2v) is 6.01. The second kappa shape index (κ2) is 8.39. The van der Waals surface area contributed by atoms with Gasteiger partial charge in [0.15, 0.2) is 0 Å². The number of hydrogen-bond acceptors (Lipinski definition) is 4. The van der Waals surface area contributed by atoms with E-state index >= 15 is 0 Å². The molecule has 6 nitrogen and oxygen atoms in total. The first kappa shape index (κ1) is 17.1. The van der Waals surface area contributed by atoms with Crippen LogP contribution in [-0.2, 0) is 11.3 Å². The van der Waals surface area contributed by atoms with Gasteiger partial charge in [-0.05, 0) is 17.7 Å². The molecule has 1 aromatic heterocycles. The Hall–Kier alpha value is -2.73. The highest BCUT2D eigenvalue weighted by molar-refractivity contribution is 5.96. The zero-order valence-electron chi connectivity index (χ0n) is 14.1. The van der Waals surface area contributed by atoms with Crippen LogP contribution < -0.4 is 5.32 Å². The molecule has 1 fully saturated rings. The summed E-state index contributed by atoms with van der Waals surface area (Å²) in [5.41, 5.74) is 1.54. The smallest absolute Gasteiger partial charge is 0.254 e. The molecule has 0 unspecified atom stereocenters. The van der Waals surface area contributed by atoms with Crippen LogP contribution in [0.4, 0.5) is 0 Å². The molecule has 0 bridgehead atoms. The minimum Gasteiger partial charge on any atom is -0.339 e. The van der Waals surface area contributed by atoms with Crippen molar-refractivity contribution in [3.63, 3.8) is 0 Å². The molecule has 0 radical (unpaired) electrons. The largest absolute Gasteiger partial charge is 0.339 e. The number of pyridine rings is 1. The maximum Gasteiger partial charge on any atom is 0.254 e. The third-order valence-corrected chi connectivity index (χ3v) is 4.23. The number of aromatic nitrogens is 1. The van der Waals surface area contributed by atoms with Crippen LogP contribution in [0.2, 0.25) is 0 Å². The standard InChI is InChI=1S/C19H22N4O2/c24-18(22-12-10-21-11-13-22)15-23(14-16-4-2-1-3-5-16)19(25)17-6-8-20-9-7-17/h1-9,21H,10-15H2. The molecule has 3 rings (SSSR count). The van der Waals surface area contributed by atoms with Crippen LogP contribution in [0.25, 0.3) is 0 Å². The molecule has 0 saturated carbocycles. The minimum atomic E-state index is -0.158. The van der Waals surface area contributed by atoms with Gasteiger partial charge in [-0.3, -0.25) is 14.6 Å². The van der Waals surface area contributed by atoms with E-state index in [2.05, 4.69) is 10.3 Å². The van der Waals surface area contributed by atoms with Gasteiger partial charge in [-0.2, -0.15) is 0 Å². The molecule has 2 heterocycles. The summed E-state index contributed by atoms with van der Waals surface area (Å²) in [6.45, 7) is 3.43. The van der Waals surface area contributed by atoms with Gasteiger partial charge in [0.25, 0.3) is 5.91 Å². The first-order valence-corrected chi connectivity index (χ1v) is 8.46. The van der Waals surface area contributed by atoms with Gasteiger partial charge in [-0.25, -0.2) is 0 Å². The van der Waals surface area contributed by atoms with Crippen molar-refractivity contribution in [1.29, 1.82) is 0 Å². The molecule has 1 N–H and O–H groups in total. The third kappa shape index (κ3) is 4.64.